The molecule has 0 fully saturated rings. The molecule has 2 nitrogen and oxygen atoms in total. The van der Waals surface area contributed by atoms with Gasteiger partial charge in [-0.3, -0.25) is 4.98 Å². The number of hydrogen-bond donors (Lipinski definition) is 0. The predicted octanol–water partition coefficient (Wildman–Crippen LogP) is 3.62. The van der Waals surface area contributed by atoms with Crippen molar-refractivity contribution in [3.05, 3.63) is 58.9 Å². The minimum atomic E-state index is 0.476. The minimum absolute atomic E-state index is 0.476. The van der Waals surface area contributed by atoms with Crippen molar-refractivity contribution >= 4 is 11.6 Å². The van der Waals surface area contributed by atoms with Crippen LogP contribution >= 0.6 is 11.6 Å². The van der Waals surface area contributed by atoms with Crippen molar-refractivity contribution in [2.45, 2.75) is 13.5 Å². The molecule has 1 aromatic heterocycles. The summed E-state index contributed by atoms with van der Waals surface area (Å²) in [6.07, 6.45) is 0. The Morgan fingerprint density at radius 3 is 2.56 bits per heavy atom. The highest BCUT2D eigenvalue weighted by molar-refractivity contribution is 6.30. The summed E-state index contributed by atoms with van der Waals surface area (Å²) in [6, 6.07) is 13.2. The fraction of sp³-hybridized carbons (Fsp3) is 0.154. The van der Waals surface area contributed by atoms with Crippen LogP contribution in [0.5, 0.6) is 5.75 Å². The highest BCUT2D eigenvalue weighted by Crippen LogP contribution is 2.16. The summed E-state index contributed by atoms with van der Waals surface area (Å²) in [5.41, 5.74) is 1.92. The zero-order chi connectivity index (χ0) is 11.4. The van der Waals surface area contributed by atoms with E-state index in [2.05, 4.69) is 4.98 Å². The summed E-state index contributed by atoms with van der Waals surface area (Å²) in [4.78, 5) is 4.35. The zero-order valence-corrected chi connectivity index (χ0v) is 9.74. The third-order valence-corrected chi connectivity index (χ3v) is 2.40. The van der Waals surface area contributed by atoms with Crippen LogP contribution in [0.15, 0.2) is 42.5 Å². The molecule has 1 heterocycles. The Kier molecular flexibility index (Phi) is 3.42. The highest BCUT2D eigenvalue weighted by atomic mass is 35.5. The molecule has 2 aromatic rings. The van der Waals surface area contributed by atoms with Crippen molar-refractivity contribution < 1.29 is 4.74 Å². The maximum absolute atomic E-state index is 5.78. The number of pyridine rings is 1. The van der Waals surface area contributed by atoms with Gasteiger partial charge in [0.2, 0.25) is 0 Å². The van der Waals surface area contributed by atoms with E-state index in [1.165, 1.54) is 0 Å². The van der Waals surface area contributed by atoms with Gasteiger partial charge in [0.05, 0.1) is 5.69 Å². The number of rotatable bonds is 3. The van der Waals surface area contributed by atoms with Crippen LogP contribution < -0.4 is 4.74 Å². The highest BCUT2D eigenvalue weighted by Gasteiger charge is 1.97. The maximum atomic E-state index is 5.78. The molecule has 0 saturated heterocycles. The molecule has 0 aliphatic rings. The largest absolute Gasteiger partial charge is 0.487 e. The molecule has 82 valence electrons. The van der Waals surface area contributed by atoms with E-state index < -0.39 is 0 Å². The van der Waals surface area contributed by atoms with E-state index in [0.717, 1.165) is 17.1 Å². The lowest BCUT2D eigenvalue weighted by molar-refractivity contribution is 0.301. The van der Waals surface area contributed by atoms with E-state index in [-0.39, 0.29) is 0 Å². The normalized spacial score (nSPS) is 10.1. The van der Waals surface area contributed by atoms with Crippen molar-refractivity contribution in [1.29, 1.82) is 0 Å². The molecule has 0 bridgehead atoms. The SMILES string of the molecule is Cc1cccc(COc2ccc(Cl)cc2)n1. The summed E-state index contributed by atoms with van der Waals surface area (Å²) in [6.45, 7) is 2.44. The van der Waals surface area contributed by atoms with Gasteiger partial charge < -0.3 is 4.74 Å². The Bertz CT molecular complexity index is 468. The summed E-state index contributed by atoms with van der Waals surface area (Å²) < 4.78 is 5.58. The van der Waals surface area contributed by atoms with E-state index in [0.29, 0.717) is 11.6 Å². The van der Waals surface area contributed by atoms with E-state index in [9.17, 15) is 0 Å². The van der Waals surface area contributed by atoms with Gasteiger partial charge >= 0.3 is 0 Å². The first kappa shape index (κ1) is 11.0. The smallest absolute Gasteiger partial charge is 0.130 e. The van der Waals surface area contributed by atoms with E-state index in [4.69, 9.17) is 16.3 Å². The van der Waals surface area contributed by atoms with E-state index >= 15 is 0 Å². The first-order chi connectivity index (χ1) is 7.74. The Morgan fingerprint density at radius 2 is 1.88 bits per heavy atom. The number of aryl methyl sites for hydroxylation is 1. The van der Waals surface area contributed by atoms with Gasteiger partial charge in [-0.1, -0.05) is 17.7 Å². The van der Waals surface area contributed by atoms with Crippen molar-refractivity contribution in [1.82, 2.24) is 4.98 Å². The second-order valence-electron chi connectivity index (χ2n) is 3.51. The van der Waals surface area contributed by atoms with Crippen LogP contribution in [0.3, 0.4) is 0 Å². The van der Waals surface area contributed by atoms with Crippen LogP contribution in [0, 0.1) is 6.92 Å². The van der Waals surface area contributed by atoms with Gasteiger partial charge in [-0.05, 0) is 43.3 Å². The third-order valence-electron chi connectivity index (χ3n) is 2.15. The average molecular weight is 234 g/mol. The van der Waals surface area contributed by atoms with Gasteiger partial charge in [-0.25, -0.2) is 0 Å². The predicted molar refractivity (Wildman–Crippen MR) is 64.8 cm³/mol. The maximum Gasteiger partial charge on any atom is 0.130 e. The van der Waals surface area contributed by atoms with Crippen molar-refractivity contribution in [3.8, 4) is 5.75 Å². The van der Waals surface area contributed by atoms with Crippen LogP contribution in [-0.4, -0.2) is 4.98 Å². The summed E-state index contributed by atoms with van der Waals surface area (Å²) in [5.74, 6) is 0.799. The number of hydrogen-bond acceptors (Lipinski definition) is 2. The van der Waals surface area contributed by atoms with Gasteiger partial charge in [0.25, 0.3) is 0 Å². The second-order valence-corrected chi connectivity index (χ2v) is 3.95. The van der Waals surface area contributed by atoms with Gasteiger partial charge in [0, 0.05) is 10.7 Å². The molecule has 1 aromatic carbocycles. The first-order valence-electron chi connectivity index (χ1n) is 5.05. The molecule has 2 rings (SSSR count). The molecule has 0 atom stereocenters. The minimum Gasteiger partial charge on any atom is -0.487 e. The number of ether oxygens (including phenoxy) is 1. The Morgan fingerprint density at radius 1 is 1.12 bits per heavy atom. The lowest BCUT2D eigenvalue weighted by atomic mass is 10.3. The molecule has 0 radical (unpaired) electrons. The molecule has 0 aliphatic heterocycles. The van der Waals surface area contributed by atoms with Crippen molar-refractivity contribution in [2.75, 3.05) is 0 Å². The summed E-state index contributed by atoms with van der Waals surface area (Å²) >= 11 is 5.78. The summed E-state index contributed by atoms with van der Waals surface area (Å²) in [7, 11) is 0. The lowest BCUT2D eigenvalue weighted by Gasteiger charge is -2.05. The van der Waals surface area contributed by atoms with Gasteiger partial charge in [0.15, 0.2) is 0 Å². The van der Waals surface area contributed by atoms with Gasteiger partial charge in [-0.2, -0.15) is 0 Å². The lowest BCUT2D eigenvalue weighted by Crippen LogP contribution is -1.98. The third kappa shape index (κ3) is 2.97. The van der Waals surface area contributed by atoms with E-state index in [1.807, 2.05) is 37.3 Å². The number of benzene rings is 1. The Labute approximate surface area is 99.9 Å². The van der Waals surface area contributed by atoms with Crippen molar-refractivity contribution in [3.63, 3.8) is 0 Å². The molecule has 0 saturated carbocycles. The fourth-order valence-electron chi connectivity index (χ4n) is 1.37. The molecule has 0 spiro atoms. The summed E-state index contributed by atoms with van der Waals surface area (Å²) in [5, 5.41) is 0.709. The zero-order valence-electron chi connectivity index (χ0n) is 8.98. The molecule has 0 amide bonds. The quantitative estimate of drug-likeness (QED) is 0.808. The molecule has 0 aliphatic carbocycles. The Balaban J connectivity index is 1.99. The van der Waals surface area contributed by atoms with Crippen LogP contribution in [-0.2, 0) is 6.61 Å². The van der Waals surface area contributed by atoms with Crippen LogP contribution in [0.25, 0.3) is 0 Å². The number of halogens is 1. The van der Waals surface area contributed by atoms with Crippen LogP contribution in [0.2, 0.25) is 5.02 Å². The van der Waals surface area contributed by atoms with Gasteiger partial charge in [-0.15, -0.1) is 0 Å². The topological polar surface area (TPSA) is 22.1 Å². The standard InChI is InChI=1S/C13H12ClNO/c1-10-3-2-4-12(15-10)9-16-13-7-5-11(14)6-8-13/h2-8H,9H2,1H3. The monoisotopic (exact) mass is 233 g/mol. The molecule has 0 unspecified atom stereocenters. The van der Waals surface area contributed by atoms with Gasteiger partial charge in [0.1, 0.15) is 12.4 Å². The molecular formula is C13H12ClNO. The number of nitrogens with zero attached hydrogens (tertiary/aromatic N) is 1. The number of aromatic nitrogens is 1. The molecular weight excluding hydrogens is 222 g/mol. The first-order valence-corrected chi connectivity index (χ1v) is 5.43. The average Bonchev–Trinajstić information content (AvgIpc) is 2.28. The van der Waals surface area contributed by atoms with Crippen LogP contribution in [0.1, 0.15) is 11.4 Å². The second kappa shape index (κ2) is 4.99. The fourth-order valence-corrected chi connectivity index (χ4v) is 1.49. The Hall–Kier alpha value is -1.54. The molecule has 0 N–H and O–H groups in total. The van der Waals surface area contributed by atoms with Crippen LogP contribution in [0.4, 0.5) is 0 Å². The molecule has 3 heteroatoms. The van der Waals surface area contributed by atoms with E-state index in [1.54, 1.807) is 12.1 Å². The molecule has 16 heavy (non-hydrogen) atoms. The van der Waals surface area contributed by atoms with Crippen molar-refractivity contribution in [2.24, 2.45) is 0 Å².